The Kier molecular flexibility index (Phi) is 5.99. The minimum Gasteiger partial charge on any atom is -0.466 e. The third-order valence-corrected chi connectivity index (χ3v) is 4.84. The number of methoxy groups -OCH3 is 1. The number of aryl methyl sites for hydroxylation is 1. The zero-order valence-electron chi connectivity index (χ0n) is 13.0. The summed E-state index contributed by atoms with van der Waals surface area (Å²) >= 11 is 1.64. The fraction of sp³-hybridized carbons (Fsp3) is 0.733. The number of nitrogens with zero attached hydrogens (tertiary/aromatic N) is 2. The van der Waals surface area contributed by atoms with Crippen molar-refractivity contribution in [1.82, 2.24) is 4.98 Å². The first-order valence-corrected chi connectivity index (χ1v) is 8.39. The normalized spacial score (nSPS) is 22.3. The number of carbonyl (C=O) groups is 1. The quantitative estimate of drug-likeness (QED) is 0.755. The third kappa shape index (κ3) is 4.41. The lowest BCUT2D eigenvalue weighted by Gasteiger charge is -2.36. The van der Waals surface area contributed by atoms with Crippen molar-refractivity contribution in [1.29, 1.82) is 0 Å². The van der Waals surface area contributed by atoms with Crippen LogP contribution in [0.5, 0.6) is 0 Å². The summed E-state index contributed by atoms with van der Waals surface area (Å²) in [6.07, 6.45) is 2.43. The van der Waals surface area contributed by atoms with Gasteiger partial charge in [-0.05, 0) is 19.3 Å². The molecule has 2 atom stereocenters. The van der Waals surface area contributed by atoms with E-state index in [0.29, 0.717) is 25.4 Å². The molecule has 2 heterocycles. The maximum atomic E-state index is 11.4. The van der Waals surface area contributed by atoms with E-state index in [-0.39, 0.29) is 12.1 Å². The van der Waals surface area contributed by atoms with Crippen LogP contribution in [0.15, 0.2) is 5.38 Å². The number of rotatable bonds is 6. The average molecular weight is 312 g/mol. The van der Waals surface area contributed by atoms with Gasteiger partial charge < -0.3 is 14.4 Å². The zero-order chi connectivity index (χ0) is 15.2. The number of piperidine rings is 1. The summed E-state index contributed by atoms with van der Waals surface area (Å²) in [7, 11) is 1.78. The van der Waals surface area contributed by atoms with Gasteiger partial charge in [-0.2, -0.15) is 0 Å². The summed E-state index contributed by atoms with van der Waals surface area (Å²) in [6, 6.07) is 0. The molecule has 1 fully saturated rings. The molecule has 1 aromatic heterocycles. The van der Waals surface area contributed by atoms with Gasteiger partial charge in [0.2, 0.25) is 0 Å². The summed E-state index contributed by atoms with van der Waals surface area (Å²) in [5.74, 6) is 0.438. The van der Waals surface area contributed by atoms with Crippen LogP contribution in [0.1, 0.15) is 32.4 Å². The molecule has 21 heavy (non-hydrogen) atoms. The topological polar surface area (TPSA) is 51.7 Å². The Morgan fingerprint density at radius 2 is 2.38 bits per heavy atom. The van der Waals surface area contributed by atoms with Gasteiger partial charge in [0.1, 0.15) is 0 Å². The summed E-state index contributed by atoms with van der Waals surface area (Å²) in [5, 5.41) is 3.07. The molecule has 2 unspecified atom stereocenters. The SMILES string of the molecule is CCOC(=O)CCc1csc(N2CCC(C)C(OC)C2)n1. The lowest BCUT2D eigenvalue weighted by atomic mass is 9.96. The Balaban J connectivity index is 1.89. The smallest absolute Gasteiger partial charge is 0.306 e. The zero-order valence-corrected chi connectivity index (χ0v) is 13.8. The van der Waals surface area contributed by atoms with Gasteiger partial charge in [0.05, 0.1) is 24.8 Å². The second kappa shape index (κ2) is 7.75. The van der Waals surface area contributed by atoms with Gasteiger partial charge in [-0.3, -0.25) is 4.79 Å². The molecule has 1 aliphatic heterocycles. The van der Waals surface area contributed by atoms with Gasteiger partial charge >= 0.3 is 5.97 Å². The molecule has 1 saturated heterocycles. The predicted molar refractivity (Wildman–Crippen MR) is 83.9 cm³/mol. The number of carbonyl (C=O) groups excluding carboxylic acids is 1. The maximum Gasteiger partial charge on any atom is 0.306 e. The van der Waals surface area contributed by atoms with Crippen LogP contribution in [0, 0.1) is 5.92 Å². The summed E-state index contributed by atoms with van der Waals surface area (Å²) in [5.41, 5.74) is 0.968. The third-order valence-electron chi connectivity index (χ3n) is 3.89. The number of esters is 1. The molecule has 0 saturated carbocycles. The lowest BCUT2D eigenvalue weighted by molar-refractivity contribution is -0.143. The Morgan fingerprint density at radius 3 is 3.10 bits per heavy atom. The van der Waals surface area contributed by atoms with Crippen molar-refractivity contribution in [2.75, 3.05) is 31.7 Å². The van der Waals surface area contributed by atoms with Crippen LogP contribution >= 0.6 is 11.3 Å². The van der Waals surface area contributed by atoms with Crippen LogP contribution in [0.3, 0.4) is 0 Å². The Hall–Kier alpha value is -1.14. The number of thiazole rings is 1. The van der Waals surface area contributed by atoms with Gasteiger partial charge in [0.15, 0.2) is 5.13 Å². The minimum absolute atomic E-state index is 0.154. The van der Waals surface area contributed by atoms with Gasteiger partial charge in [-0.25, -0.2) is 4.98 Å². The molecule has 1 aliphatic rings. The highest BCUT2D eigenvalue weighted by Crippen LogP contribution is 2.27. The summed E-state index contributed by atoms with van der Waals surface area (Å²) in [6.45, 7) is 6.40. The van der Waals surface area contributed by atoms with Crippen LogP contribution in [0.4, 0.5) is 5.13 Å². The van der Waals surface area contributed by atoms with E-state index >= 15 is 0 Å². The van der Waals surface area contributed by atoms with Crippen molar-refractivity contribution < 1.29 is 14.3 Å². The van der Waals surface area contributed by atoms with Crippen molar-refractivity contribution in [2.45, 2.75) is 39.2 Å². The molecule has 0 N–H and O–H groups in total. The van der Waals surface area contributed by atoms with E-state index in [1.54, 1.807) is 18.4 Å². The van der Waals surface area contributed by atoms with Crippen molar-refractivity contribution >= 4 is 22.4 Å². The molecule has 0 aromatic carbocycles. The van der Waals surface area contributed by atoms with E-state index in [9.17, 15) is 4.79 Å². The molecule has 5 nitrogen and oxygen atoms in total. The van der Waals surface area contributed by atoms with E-state index in [1.165, 1.54) is 0 Å². The van der Waals surface area contributed by atoms with E-state index < -0.39 is 0 Å². The molecule has 0 radical (unpaired) electrons. The first kappa shape index (κ1) is 16.2. The fourth-order valence-corrected chi connectivity index (χ4v) is 3.43. The Morgan fingerprint density at radius 1 is 1.57 bits per heavy atom. The van der Waals surface area contributed by atoms with Crippen LogP contribution < -0.4 is 4.90 Å². The molecule has 6 heteroatoms. The molecule has 118 valence electrons. The first-order chi connectivity index (χ1) is 10.1. The Labute approximate surface area is 130 Å². The van der Waals surface area contributed by atoms with Crippen molar-refractivity contribution in [2.24, 2.45) is 5.92 Å². The van der Waals surface area contributed by atoms with Gasteiger partial charge in [0.25, 0.3) is 0 Å². The number of ether oxygens (including phenoxy) is 2. The largest absolute Gasteiger partial charge is 0.466 e. The highest BCUT2D eigenvalue weighted by Gasteiger charge is 2.27. The van der Waals surface area contributed by atoms with Crippen LogP contribution in [-0.2, 0) is 20.7 Å². The van der Waals surface area contributed by atoms with Gasteiger partial charge in [0, 0.05) is 32.0 Å². The number of hydrogen-bond donors (Lipinski definition) is 0. The van der Waals surface area contributed by atoms with E-state index in [2.05, 4.69) is 16.8 Å². The monoisotopic (exact) mass is 312 g/mol. The highest BCUT2D eigenvalue weighted by molar-refractivity contribution is 7.13. The van der Waals surface area contributed by atoms with E-state index in [0.717, 1.165) is 30.3 Å². The van der Waals surface area contributed by atoms with Crippen LogP contribution in [-0.4, -0.2) is 43.9 Å². The molecule has 2 rings (SSSR count). The predicted octanol–water partition coefficient (Wildman–Crippen LogP) is 2.50. The fourth-order valence-electron chi connectivity index (χ4n) is 2.53. The van der Waals surface area contributed by atoms with Crippen molar-refractivity contribution in [3.8, 4) is 0 Å². The minimum atomic E-state index is -0.154. The van der Waals surface area contributed by atoms with Gasteiger partial charge in [-0.1, -0.05) is 6.92 Å². The van der Waals surface area contributed by atoms with Gasteiger partial charge in [-0.15, -0.1) is 11.3 Å². The molecule has 0 amide bonds. The maximum absolute atomic E-state index is 11.4. The lowest BCUT2D eigenvalue weighted by Crippen LogP contribution is -2.43. The van der Waals surface area contributed by atoms with Crippen LogP contribution in [0.2, 0.25) is 0 Å². The molecule has 0 spiro atoms. The molecule has 0 aliphatic carbocycles. The summed E-state index contributed by atoms with van der Waals surface area (Å²) < 4.78 is 10.5. The average Bonchev–Trinajstić information content (AvgIpc) is 2.95. The van der Waals surface area contributed by atoms with Crippen LogP contribution in [0.25, 0.3) is 0 Å². The number of anilines is 1. The second-order valence-corrected chi connectivity index (χ2v) is 6.25. The molecule has 0 bridgehead atoms. The first-order valence-electron chi connectivity index (χ1n) is 7.51. The Bertz CT molecular complexity index is 464. The van der Waals surface area contributed by atoms with Crippen molar-refractivity contribution in [3.63, 3.8) is 0 Å². The molecular weight excluding hydrogens is 288 g/mol. The number of hydrogen-bond acceptors (Lipinski definition) is 6. The second-order valence-electron chi connectivity index (χ2n) is 5.41. The van der Waals surface area contributed by atoms with Crippen molar-refractivity contribution in [3.05, 3.63) is 11.1 Å². The molecular formula is C15H24N2O3S. The number of aromatic nitrogens is 1. The highest BCUT2D eigenvalue weighted by atomic mass is 32.1. The molecule has 1 aromatic rings. The summed E-state index contributed by atoms with van der Waals surface area (Å²) in [4.78, 5) is 18.3. The van der Waals surface area contributed by atoms with E-state index in [1.807, 2.05) is 12.3 Å². The van der Waals surface area contributed by atoms with E-state index in [4.69, 9.17) is 9.47 Å². The standard InChI is InChI=1S/C15H24N2O3S/c1-4-20-14(18)6-5-12-10-21-15(16-12)17-8-7-11(2)13(9-17)19-3/h10-11,13H,4-9H2,1-3H3.